The third-order valence-electron chi connectivity index (χ3n) is 4.24. The summed E-state index contributed by atoms with van der Waals surface area (Å²) in [6.45, 7) is 1.89. The molecule has 1 saturated carbocycles. The Morgan fingerprint density at radius 3 is 3.00 bits per heavy atom. The molecule has 98 valence electrons. The molecule has 1 spiro atoms. The number of halogens is 1. The maximum Gasteiger partial charge on any atom is 0.0697 e. The van der Waals surface area contributed by atoms with Crippen molar-refractivity contribution in [3.8, 4) is 0 Å². The number of benzene rings is 1. The van der Waals surface area contributed by atoms with Crippen LogP contribution in [-0.2, 0) is 11.3 Å². The van der Waals surface area contributed by atoms with E-state index in [1.54, 1.807) is 0 Å². The molecule has 2 fully saturated rings. The molecular weight excluding hydrogens is 290 g/mol. The second-order valence-corrected chi connectivity index (χ2v) is 6.50. The van der Waals surface area contributed by atoms with Crippen molar-refractivity contribution in [3.05, 3.63) is 34.3 Å². The van der Waals surface area contributed by atoms with E-state index in [2.05, 4.69) is 45.5 Å². The molecule has 1 heterocycles. The summed E-state index contributed by atoms with van der Waals surface area (Å²) in [5, 5.41) is 3.69. The van der Waals surface area contributed by atoms with Gasteiger partial charge in [-0.25, -0.2) is 0 Å². The highest BCUT2D eigenvalue weighted by atomic mass is 79.9. The van der Waals surface area contributed by atoms with E-state index in [4.69, 9.17) is 4.74 Å². The molecule has 2 nitrogen and oxygen atoms in total. The van der Waals surface area contributed by atoms with E-state index < -0.39 is 0 Å². The average Bonchev–Trinajstić information content (AvgIpc) is 2.35. The van der Waals surface area contributed by atoms with Crippen LogP contribution in [0, 0.1) is 0 Å². The molecule has 0 aromatic heterocycles. The van der Waals surface area contributed by atoms with Gasteiger partial charge in [-0.3, -0.25) is 0 Å². The lowest BCUT2D eigenvalue weighted by molar-refractivity contribution is -0.135. The standard InChI is InChI=1S/C15H20BrNO/c16-13-4-1-3-12(9-13)11-17-14-5-8-18-15(10-14)6-2-7-15/h1,3-4,9,14,17H,2,5-8,10-11H2. The average molecular weight is 310 g/mol. The van der Waals surface area contributed by atoms with Crippen molar-refractivity contribution < 1.29 is 4.74 Å². The SMILES string of the molecule is Brc1cccc(CNC2CCOC3(CCC3)C2)c1. The molecule has 18 heavy (non-hydrogen) atoms. The fourth-order valence-corrected chi connectivity index (χ4v) is 3.48. The van der Waals surface area contributed by atoms with Crippen molar-refractivity contribution in [1.29, 1.82) is 0 Å². The van der Waals surface area contributed by atoms with E-state index in [0.29, 0.717) is 6.04 Å². The summed E-state index contributed by atoms with van der Waals surface area (Å²) in [5.41, 5.74) is 1.59. The molecule has 2 aliphatic rings. The second kappa shape index (κ2) is 5.32. The lowest BCUT2D eigenvalue weighted by Crippen LogP contribution is -2.50. The molecule has 1 aliphatic carbocycles. The summed E-state index contributed by atoms with van der Waals surface area (Å²) in [5.74, 6) is 0. The minimum atomic E-state index is 0.243. The van der Waals surface area contributed by atoms with Crippen LogP contribution in [-0.4, -0.2) is 18.2 Å². The zero-order valence-corrected chi connectivity index (χ0v) is 12.2. The molecule has 0 bridgehead atoms. The van der Waals surface area contributed by atoms with Gasteiger partial charge in [0.1, 0.15) is 0 Å². The van der Waals surface area contributed by atoms with E-state index in [1.165, 1.54) is 31.2 Å². The maximum atomic E-state index is 5.96. The van der Waals surface area contributed by atoms with E-state index >= 15 is 0 Å². The van der Waals surface area contributed by atoms with Crippen molar-refractivity contribution in [3.63, 3.8) is 0 Å². The number of ether oxygens (including phenoxy) is 1. The van der Waals surface area contributed by atoms with Gasteiger partial charge in [-0.2, -0.15) is 0 Å². The largest absolute Gasteiger partial charge is 0.375 e. The first-order chi connectivity index (χ1) is 8.76. The van der Waals surface area contributed by atoms with Crippen LogP contribution >= 0.6 is 15.9 Å². The Hall–Kier alpha value is -0.380. The topological polar surface area (TPSA) is 21.3 Å². The van der Waals surface area contributed by atoms with Crippen molar-refractivity contribution in [1.82, 2.24) is 5.32 Å². The smallest absolute Gasteiger partial charge is 0.0697 e. The summed E-state index contributed by atoms with van der Waals surface area (Å²) in [7, 11) is 0. The van der Waals surface area contributed by atoms with Crippen molar-refractivity contribution in [2.45, 2.75) is 50.3 Å². The zero-order valence-electron chi connectivity index (χ0n) is 10.6. The fraction of sp³-hybridized carbons (Fsp3) is 0.600. The monoisotopic (exact) mass is 309 g/mol. The summed E-state index contributed by atoms with van der Waals surface area (Å²) >= 11 is 3.52. The molecule has 0 amide bonds. The summed E-state index contributed by atoms with van der Waals surface area (Å²) in [4.78, 5) is 0. The number of hydrogen-bond donors (Lipinski definition) is 1. The molecule has 1 atom stereocenters. The van der Waals surface area contributed by atoms with Gasteiger partial charge in [-0.1, -0.05) is 28.1 Å². The van der Waals surface area contributed by atoms with Gasteiger partial charge in [0.25, 0.3) is 0 Å². The molecule has 1 aliphatic heterocycles. The Morgan fingerprint density at radius 1 is 1.39 bits per heavy atom. The van der Waals surface area contributed by atoms with Crippen LogP contribution in [0.15, 0.2) is 28.7 Å². The van der Waals surface area contributed by atoms with Crippen molar-refractivity contribution >= 4 is 15.9 Å². The van der Waals surface area contributed by atoms with Gasteiger partial charge in [0.15, 0.2) is 0 Å². The highest BCUT2D eigenvalue weighted by molar-refractivity contribution is 9.10. The van der Waals surface area contributed by atoms with E-state index in [-0.39, 0.29) is 5.60 Å². The number of rotatable bonds is 3. The lowest BCUT2D eigenvalue weighted by Gasteiger charge is -2.47. The van der Waals surface area contributed by atoms with Gasteiger partial charge in [0.2, 0.25) is 0 Å². The first-order valence-electron chi connectivity index (χ1n) is 6.88. The van der Waals surface area contributed by atoms with Gasteiger partial charge in [0.05, 0.1) is 5.60 Å². The van der Waals surface area contributed by atoms with E-state index in [1.807, 2.05) is 0 Å². The van der Waals surface area contributed by atoms with Crippen LogP contribution in [0.25, 0.3) is 0 Å². The highest BCUT2D eigenvalue weighted by Gasteiger charge is 2.42. The van der Waals surface area contributed by atoms with Gasteiger partial charge in [-0.15, -0.1) is 0 Å². The van der Waals surface area contributed by atoms with Gasteiger partial charge in [-0.05, 0) is 49.8 Å². The minimum absolute atomic E-state index is 0.243. The Bertz CT molecular complexity index is 417. The Labute approximate surface area is 117 Å². The Morgan fingerprint density at radius 2 is 2.28 bits per heavy atom. The first kappa shape index (κ1) is 12.6. The Balaban J connectivity index is 1.53. The number of hydrogen-bond acceptors (Lipinski definition) is 2. The molecule has 1 unspecified atom stereocenters. The minimum Gasteiger partial charge on any atom is -0.375 e. The lowest BCUT2D eigenvalue weighted by atomic mass is 9.74. The third-order valence-corrected chi connectivity index (χ3v) is 4.73. The molecule has 1 aromatic carbocycles. The van der Waals surface area contributed by atoms with Gasteiger partial charge < -0.3 is 10.1 Å². The third kappa shape index (κ3) is 2.79. The summed E-state index contributed by atoms with van der Waals surface area (Å²) in [6.07, 6.45) is 6.22. The predicted octanol–water partition coefficient (Wildman–Crippen LogP) is 3.64. The van der Waals surface area contributed by atoms with Gasteiger partial charge in [0, 0.05) is 23.7 Å². The quantitative estimate of drug-likeness (QED) is 0.920. The van der Waals surface area contributed by atoms with E-state index in [0.717, 1.165) is 24.0 Å². The molecule has 0 radical (unpaired) electrons. The van der Waals surface area contributed by atoms with Crippen LogP contribution in [0.3, 0.4) is 0 Å². The first-order valence-corrected chi connectivity index (χ1v) is 7.67. The van der Waals surface area contributed by atoms with Crippen LogP contribution in [0.5, 0.6) is 0 Å². The normalized spacial score (nSPS) is 25.9. The molecule has 1 N–H and O–H groups in total. The highest BCUT2D eigenvalue weighted by Crippen LogP contribution is 2.42. The van der Waals surface area contributed by atoms with Crippen molar-refractivity contribution in [2.75, 3.05) is 6.61 Å². The fourth-order valence-electron chi connectivity index (χ4n) is 3.03. The predicted molar refractivity (Wildman–Crippen MR) is 76.5 cm³/mol. The summed E-state index contributed by atoms with van der Waals surface area (Å²) in [6, 6.07) is 9.15. The zero-order chi connectivity index (χ0) is 12.4. The second-order valence-electron chi connectivity index (χ2n) is 5.59. The van der Waals surface area contributed by atoms with Crippen molar-refractivity contribution in [2.24, 2.45) is 0 Å². The van der Waals surface area contributed by atoms with Crippen LogP contribution < -0.4 is 5.32 Å². The maximum absolute atomic E-state index is 5.96. The van der Waals surface area contributed by atoms with Crippen LogP contribution in [0.2, 0.25) is 0 Å². The van der Waals surface area contributed by atoms with E-state index in [9.17, 15) is 0 Å². The van der Waals surface area contributed by atoms with Crippen LogP contribution in [0.1, 0.15) is 37.7 Å². The molecule has 1 aromatic rings. The van der Waals surface area contributed by atoms with Crippen LogP contribution in [0.4, 0.5) is 0 Å². The molecule has 3 heteroatoms. The number of nitrogens with one attached hydrogen (secondary N) is 1. The molecule has 1 saturated heterocycles. The van der Waals surface area contributed by atoms with Gasteiger partial charge >= 0.3 is 0 Å². The Kier molecular flexibility index (Phi) is 3.73. The molecular formula is C15H20BrNO. The molecule has 3 rings (SSSR count). The summed E-state index contributed by atoms with van der Waals surface area (Å²) < 4.78 is 7.11.